The molecule has 0 radical (unpaired) electrons. The van der Waals surface area contributed by atoms with Crippen LogP contribution in [0.4, 0.5) is 5.69 Å². The molecule has 2 N–H and O–H groups in total. The van der Waals surface area contributed by atoms with Gasteiger partial charge in [0.1, 0.15) is 0 Å². The zero-order chi connectivity index (χ0) is 15.6. The Balaban J connectivity index is 1.73. The number of nitrogens with one attached hydrogen (secondary N) is 2. The topological polar surface area (TPSA) is 37.0 Å². The van der Waals surface area contributed by atoms with Crippen LogP contribution < -0.4 is 5.32 Å². The summed E-state index contributed by atoms with van der Waals surface area (Å²) in [4.78, 5) is 3.54. The summed E-state index contributed by atoms with van der Waals surface area (Å²) in [6.07, 6.45) is 2.06. The molecule has 2 heterocycles. The first kappa shape index (κ1) is 14.6. The summed E-state index contributed by atoms with van der Waals surface area (Å²) in [6, 6.07) is 17.0. The van der Waals surface area contributed by atoms with Crippen molar-refractivity contribution in [3.8, 4) is 11.3 Å². The highest BCUT2D eigenvalue weighted by atomic mass is 35.5. The predicted molar refractivity (Wildman–Crippen MR) is 96.2 cm³/mol. The first-order valence-corrected chi connectivity index (χ1v) is 8.39. The molecule has 23 heavy (non-hydrogen) atoms. The van der Waals surface area contributed by atoms with Gasteiger partial charge in [-0.25, -0.2) is 0 Å². The minimum atomic E-state index is 0.439. The molecule has 0 saturated carbocycles. The fourth-order valence-electron chi connectivity index (χ4n) is 3.16. The molecule has 3 nitrogen and oxygen atoms in total. The lowest BCUT2D eigenvalue weighted by Crippen LogP contribution is -2.27. The van der Waals surface area contributed by atoms with E-state index in [1.165, 1.54) is 5.56 Å². The fourth-order valence-corrected chi connectivity index (χ4v) is 3.38. The molecule has 1 saturated heterocycles. The number of halogens is 1. The van der Waals surface area contributed by atoms with Crippen LogP contribution >= 0.6 is 11.6 Å². The number of hydrogen-bond donors (Lipinski definition) is 2. The second-order valence-electron chi connectivity index (χ2n) is 6.00. The molecular formula is C19H19ClN2O. The maximum absolute atomic E-state index is 6.32. The van der Waals surface area contributed by atoms with Crippen molar-refractivity contribution < 1.29 is 4.74 Å². The van der Waals surface area contributed by atoms with Crippen molar-refractivity contribution in [2.75, 3.05) is 18.5 Å². The van der Waals surface area contributed by atoms with Crippen LogP contribution in [-0.2, 0) is 4.74 Å². The third-order valence-electron chi connectivity index (χ3n) is 4.36. The van der Waals surface area contributed by atoms with E-state index in [0.717, 1.165) is 53.4 Å². The van der Waals surface area contributed by atoms with Gasteiger partial charge in [0, 0.05) is 35.4 Å². The van der Waals surface area contributed by atoms with E-state index in [2.05, 4.69) is 40.6 Å². The molecule has 1 aromatic heterocycles. The quantitative estimate of drug-likeness (QED) is 0.704. The van der Waals surface area contributed by atoms with Crippen molar-refractivity contribution in [2.45, 2.75) is 18.9 Å². The third kappa shape index (κ3) is 3.07. The third-order valence-corrected chi connectivity index (χ3v) is 4.58. The number of rotatable bonds is 3. The van der Waals surface area contributed by atoms with E-state index < -0.39 is 0 Å². The Hall–Kier alpha value is -1.97. The van der Waals surface area contributed by atoms with Gasteiger partial charge in [0.05, 0.1) is 11.2 Å². The first-order chi connectivity index (χ1) is 11.3. The van der Waals surface area contributed by atoms with E-state index in [9.17, 15) is 0 Å². The van der Waals surface area contributed by atoms with Crippen molar-refractivity contribution in [3.63, 3.8) is 0 Å². The number of hydrogen-bond acceptors (Lipinski definition) is 2. The number of aromatic amines is 1. The van der Waals surface area contributed by atoms with Gasteiger partial charge in [0.2, 0.25) is 0 Å². The van der Waals surface area contributed by atoms with Crippen molar-refractivity contribution in [1.29, 1.82) is 0 Å². The smallest absolute Gasteiger partial charge is 0.0695 e. The van der Waals surface area contributed by atoms with Crippen molar-refractivity contribution in [2.24, 2.45) is 0 Å². The summed E-state index contributed by atoms with van der Waals surface area (Å²) in [5.74, 6) is 0. The summed E-state index contributed by atoms with van der Waals surface area (Å²) >= 11 is 6.32. The number of benzene rings is 2. The van der Waals surface area contributed by atoms with Crippen LogP contribution in [-0.4, -0.2) is 24.2 Å². The zero-order valence-electron chi connectivity index (χ0n) is 12.8. The highest BCUT2D eigenvalue weighted by molar-refractivity contribution is 6.32. The molecular weight excluding hydrogens is 308 g/mol. The Labute approximate surface area is 140 Å². The zero-order valence-corrected chi connectivity index (χ0v) is 13.6. The predicted octanol–water partition coefficient (Wildman–Crippen LogP) is 5.08. The monoisotopic (exact) mass is 326 g/mol. The molecule has 1 fully saturated rings. The number of fused-ring (bicyclic) bond motifs is 1. The normalized spacial score (nSPS) is 15.9. The molecule has 118 valence electrons. The lowest BCUT2D eigenvalue weighted by Gasteiger charge is -2.24. The van der Waals surface area contributed by atoms with Crippen LogP contribution in [0.15, 0.2) is 48.5 Å². The van der Waals surface area contributed by atoms with Gasteiger partial charge in [0.25, 0.3) is 0 Å². The number of H-pyrrole nitrogens is 1. The van der Waals surface area contributed by atoms with Crippen molar-refractivity contribution >= 4 is 28.2 Å². The number of anilines is 1. The lowest BCUT2D eigenvalue weighted by atomic mass is 10.1. The highest BCUT2D eigenvalue weighted by Crippen LogP contribution is 2.32. The van der Waals surface area contributed by atoms with Crippen LogP contribution in [0, 0.1) is 0 Å². The molecule has 0 bridgehead atoms. The van der Waals surface area contributed by atoms with E-state index in [0.29, 0.717) is 6.04 Å². The van der Waals surface area contributed by atoms with Crippen LogP contribution in [0.5, 0.6) is 0 Å². The van der Waals surface area contributed by atoms with Crippen LogP contribution in [0.1, 0.15) is 12.8 Å². The van der Waals surface area contributed by atoms with Gasteiger partial charge in [-0.15, -0.1) is 0 Å². The van der Waals surface area contributed by atoms with Crippen LogP contribution in [0.3, 0.4) is 0 Å². The highest BCUT2D eigenvalue weighted by Gasteiger charge is 2.16. The molecule has 0 unspecified atom stereocenters. The Kier molecular flexibility index (Phi) is 3.98. The molecule has 4 rings (SSSR count). The molecule has 0 amide bonds. The number of aromatic nitrogens is 1. The summed E-state index contributed by atoms with van der Waals surface area (Å²) < 4.78 is 5.44. The second kappa shape index (κ2) is 6.26. The molecule has 0 aliphatic carbocycles. The van der Waals surface area contributed by atoms with Gasteiger partial charge in [-0.05, 0) is 36.6 Å². The van der Waals surface area contributed by atoms with Gasteiger partial charge < -0.3 is 15.0 Å². The standard InChI is InChI=1S/C19H19ClN2O/c20-15-10-14-11-17(13-4-2-1-3-5-13)22-19(14)18(12-15)21-16-6-8-23-9-7-16/h1-5,10-12,16,21-22H,6-9H2. The van der Waals surface area contributed by atoms with Gasteiger partial charge in [-0.3, -0.25) is 0 Å². The average Bonchev–Trinajstić information content (AvgIpc) is 3.01. The van der Waals surface area contributed by atoms with Crippen molar-refractivity contribution in [3.05, 3.63) is 53.6 Å². The van der Waals surface area contributed by atoms with E-state index in [-0.39, 0.29) is 0 Å². The first-order valence-electron chi connectivity index (χ1n) is 8.01. The summed E-state index contributed by atoms with van der Waals surface area (Å²) in [5.41, 5.74) is 4.47. The van der Waals surface area contributed by atoms with Gasteiger partial charge in [-0.1, -0.05) is 41.9 Å². The van der Waals surface area contributed by atoms with Gasteiger partial charge in [-0.2, -0.15) is 0 Å². The Morgan fingerprint density at radius 1 is 1.04 bits per heavy atom. The molecule has 0 spiro atoms. The summed E-state index contributed by atoms with van der Waals surface area (Å²) in [7, 11) is 0. The number of ether oxygens (including phenoxy) is 1. The SMILES string of the molecule is Clc1cc(NC2CCOCC2)c2[nH]c(-c3ccccc3)cc2c1. The van der Waals surface area contributed by atoms with E-state index >= 15 is 0 Å². The molecule has 4 heteroatoms. The summed E-state index contributed by atoms with van der Waals surface area (Å²) in [6.45, 7) is 1.64. The van der Waals surface area contributed by atoms with E-state index in [4.69, 9.17) is 16.3 Å². The van der Waals surface area contributed by atoms with E-state index in [1.54, 1.807) is 0 Å². The minimum Gasteiger partial charge on any atom is -0.381 e. The second-order valence-corrected chi connectivity index (χ2v) is 6.43. The molecule has 3 aromatic rings. The summed E-state index contributed by atoms with van der Waals surface area (Å²) in [5, 5.41) is 5.52. The van der Waals surface area contributed by atoms with Gasteiger partial charge >= 0.3 is 0 Å². The molecule has 2 aromatic carbocycles. The average molecular weight is 327 g/mol. The Bertz CT molecular complexity index is 807. The Morgan fingerprint density at radius 3 is 2.61 bits per heavy atom. The lowest BCUT2D eigenvalue weighted by molar-refractivity contribution is 0.0905. The van der Waals surface area contributed by atoms with Gasteiger partial charge in [0.15, 0.2) is 0 Å². The maximum atomic E-state index is 6.32. The molecule has 1 aliphatic rings. The molecule has 1 aliphatic heterocycles. The fraction of sp³-hybridized carbons (Fsp3) is 0.263. The van der Waals surface area contributed by atoms with Crippen LogP contribution in [0.25, 0.3) is 22.2 Å². The largest absolute Gasteiger partial charge is 0.381 e. The Morgan fingerprint density at radius 2 is 1.83 bits per heavy atom. The molecule has 0 atom stereocenters. The maximum Gasteiger partial charge on any atom is 0.0695 e. The van der Waals surface area contributed by atoms with E-state index in [1.807, 2.05) is 18.2 Å². The van der Waals surface area contributed by atoms with Crippen LogP contribution in [0.2, 0.25) is 5.02 Å². The minimum absolute atomic E-state index is 0.439. The van der Waals surface area contributed by atoms with Crippen molar-refractivity contribution in [1.82, 2.24) is 4.98 Å².